The van der Waals surface area contributed by atoms with Crippen LogP contribution in [0.5, 0.6) is 5.75 Å². The smallest absolute Gasteiger partial charge is 0.269 e. The lowest BCUT2D eigenvalue weighted by atomic mass is 9.87. The van der Waals surface area contributed by atoms with Gasteiger partial charge in [-0.3, -0.25) is 20.2 Å². The maximum atomic E-state index is 12.7. The number of benzene rings is 2. The molecule has 0 aliphatic carbocycles. The van der Waals surface area contributed by atoms with E-state index in [0.29, 0.717) is 5.75 Å². The van der Waals surface area contributed by atoms with E-state index < -0.39 is 20.7 Å². The number of anilines is 1. The van der Waals surface area contributed by atoms with Crippen LogP contribution in [0.2, 0.25) is 0 Å². The monoisotopic (exact) mass is 475 g/mol. The third-order valence-corrected chi connectivity index (χ3v) is 7.59. The molecule has 168 valence electrons. The second-order valence-electron chi connectivity index (χ2n) is 7.85. The summed E-state index contributed by atoms with van der Waals surface area (Å²) in [5.41, 5.74) is 0.931. The number of amides is 1. The van der Waals surface area contributed by atoms with E-state index in [0.717, 1.165) is 47.4 Å². The number of non-ortho nitro benzene ring substituents is 1. The maximum Gasteiger partial charge on any atom is 0.269 e. The number of carbonyl (C=O) groups is 1. The highest BCUT2D eigenvalue weighted by molar-refractivity contribution is 7.93. The van der Waals surface area contributed by atoms with Crippen molar-refractivity contribution in [2.75, 3.05) is 11.9 Å². The van der Waals surface area contributed by atoms with Crippen LogP contribution in [0.1, 0.15) is 26.3 Å². The molecule has 1 N–H and O–H groups in total. The zero-order valence-corrected chi connectivity index (χ0v) is 19.2. The normalized spacial score (nSPS) is 11.7. The summed E-state index contributed by atoms with van der Waals surface area (Å²) in [5.74, 6) is 0.0484. The van der Waals surface area contributed by atoms with E-state index in [1.807, 2.05) is 12.1 Å². The first-order valence-corrected chi connectivity index (χ1v) is 11.8. The van der Waals surface area contributed by atoms with Gasteiger partial charge in [-0.05, 0) is 35.2 Å². The molecule has 3 rings (SSSR count). The second-order valence-corrected chi connectivity index (χ2v) is 11.1. The minimum absolute atomic E-state index is 0.00720. The molecule has 0 saturated heterocycles. The number of nitrogens with zero attached hydrogens (tertiary/aromatic N) is 2. The highest BCUT2D eigenvalue weighted by atomic mass is 32.2. The van der Waals surface area contributed by atoms with Gasteiger partial charge >= 0.3 is 0 Å². The molecule has 0 fully saturated rings. The molecule has 32 heavy (non-hydrogen) atoms. The Bertz CT molecular complexity index is 1230. The molecule has 0 spiro atoms. The Morgan fingerprint density at radius 2 is 1.75 bits per heavy atom. The molecule has 0 bridgehead atoms. The first-order valence-electron chi connectivity index (χ1n) is 9.45. The van der Waals surface area contributed by atoms with Crippen LogP contribution in [0.3, 0.4) is 0 Å². The van der Waals surface area contributed by atoms with Gasteiger partial charge < -0.3 is 4.74 Å². The van der Waals surface area contributed by atoms with Crippen molar-refractivity contribution in [2.45, 2.75) is 35.3 Å². The molecule has 0 aliphatic rings. The molecule has 3 aromatic rings. The molecule has 11 heteroatoms. The summed E-state index contributed by atoms with van der Waals surface area (Å²) in [6.07, 6.45) is 1.13. The second kappa shape index (κ2) is 9.05. The van der Waals surface area contributed by atoms with Gasteiger partial charge in [-0.25, -0.2) is 13.4 Å². The van der Waals surface area contributed by atoms with Crippen LogP contribution in [0.4, 0.5) is 10.8 Å². The molecule has 9 nitrogen and oxygen atoms in total. The molecule has 0 atom stereocenters. The maximum absolute atomic E-state index is 12.7. The van der Waals surface area contributed by atoms with Crippen molar-refractivity contribution in [3.8, 4) is 5.75 Å². The molecule has 0 aliphatic heterocycles. The molecule has 1 amide bonds. The van der Waals surface area contributed by atoms with E-state index in [-0.39, 0.29) is 31.9 Å². The predicted molar refractivity (Wildman–Crippen MR) is 120 cm³/mol. The lowest BCUT2D eigenvalue weighted by molar-refractivity contribution is -0.384. The van der Waals surface area contributed by atoms with Gasteiger partial charge in [0.15, 0.2) is 11.7 Å². The van der Waals surface area contributed by atoms with Gasteiger partial charge in [-0.1, -0.05) is 44.2 Å². The standard InChI is InChI=1S/C21H21N3O6S2/c1-21(2,3)14-4-8-16(9-5-14)30-13-18(25)23-20-22-12-19(31-20)32(28,29)17-10-6-15(7-11-17)24(26)27/h4-12H,13H2,1-3H3,(H,22,23,25). The first-order chi connectivity index (χ1) is 15.0. The Kier molecular flexibility index (Phi) is 6.60. The van der Waals surface area contributed by atoms with E-state index in [1.165, 1.54) is 0 Å². The number of ether oxygens (including phenoxy) is 1. The summed E-state index contributed by atoms with van der Waals surface area (Å²) in [5, 5.41) is 13.3. The van der Waals surface area contributed by atoms with Crippen molar-refractivity contribution in [1.29, 1.82) is 0 Å². The van der Waals surface area contributed by atoms with Gasteiger partial charge in [0.05, 0.1) is 16.0 Å². The number of hydrogen-bond donors (Lipinski definition) is 1. The third-order valence-electron chi connectivity index (χ3n) is 4.44. The van der Waals surface area contributed by atoms with Crippen LogP contribution in [-0.4, -0.2) is 30.8 Å². The lowest BCUT2D eigenvalue weighted by Gasteiger charge is -2.19. The number of thiazole rings is 1. The summed E-state index contributed by atoms with van der Waals surface area (Å²) in [6, 6.07) is 12.0. The van der Waals surface area contributed by atoms with Gasteiger partial charge in [0.25, 0.3) is 11.6 Å². The molecule has 1 aromatic heterocycles. The summed E-state index contributed by atoms with van der Waals surface area (Å²) < 4.78 is 30.7. The fourth-order valence-electron chi connectivity index (χ4n) is 2.66. The van der Waals surface area contributed by atoms with Gasteiger partial charge in [0.2, 0.25) is 9.84 Å². The average molecular weight is 476 g/mol. The van der Waals surface area contributed by atoms with Crippen molar-refractivity contribution < 1.29 is 22.9 Å². The molecular weight excluding hydrogens is 454 g/mol. The van der Waals surface area contributed by atoms with Crippen LogP contribution >= 0.6 is 11.3 Å². The number of hydrogen-bond acceptors (Lipinski definition) is 8. The van der Waals surface area contributed by atoms with E-state index in [4.69, 9.17) is 4.74 Å². The Labute approximate surface area is 189 Å². The average Bonchev–Trinajstić information content (AvgIpc) is 3.21. The van der Waals surface area contributed by atoms with Crippen LogP contribution in [0.15, 0.2) is 63.8 Å². The van der Waals surface area contributed by atoms with E-state index in [1.54, 1.807) is 12.1 Å². The summed E-state index contributed by atoms with van der Waals surface area (Å²) in [4.78, 5) is 26.1. The van der Waals surface area contributed by atoms with Crippen molar-refractivity contribution in [3.63, 3.8) is 0 Å². The molecule has 0 radical (unpaired) electrons. The van der Waals surface area contributed by atoms with Crippen LogP contribution in [0, 0.1) is 10.1 Å². The fourth-order valence-corrected chi connectivity index (χ4v) is 5.11. The number of rotatable bonds is 7. The summed E-state index contributed by atoms with van der Waals surface area (Å²) in [6.45, 7) is 6.03. The number of aromatic nitrogens is 1. The Balaban J connectivity index is 1.61. The van der Waals surface area contributed by atoms with Crippen molar-refractivity contribution >= 4 is 37.9 Å². The molecular formula is C21H21N3O6S2. The highest BCUT2D eigenvalue weighted by Gasteiger charge is 2.22. The Hall–Kier alpha value is -3.31. The number of nitrogens with one attached hydrogen (secondary N) is 1. The van der Waals surface area contributed by atoms with Crippen LogP contribution in [0.25, 0.3) is 0 Å². The quantitative estimate of drug-likeness (QED) is 0.400. The van der Waals surface area contributed by atoms with Gasteiger partial charge in [-0.15, -0.1) is 0 Å². The predicted octanol–water partition coefficient (Wildman–Crippen LogP) is 4.20. The van der Waals surface area contributed by atoms with Crippen LogP contribution in [-0.2, 0) is 20.0 Å². The van der Waals surface area contributed by atoms with Crippen LogP contribution < -0.4 is 10.1 Å². The SMILES string of the molecule is CC(C)(C)c1ccc(OCC(=O)Nc2ncc(S(=O)(=O)c3ccc([N+](=O)[O-])cc3)s2)cc1. The number of carbonyl (C=O) groups excluding carboxylic acids is 1. The van der Waals surface area contributed by atoms with Gasteiger partial charge in [0, 0.05) is 12.1 Å². The highest BCUT2D eigenvalue weighted by Crippen LogP contribution is 2.29. The van der Waals surface area contributed by atoms with Crippen molar-refractivity contribution in [2.24, 2.45) is 0 Å². The lowest BCUT2D eigenvalue weighted by Crippen LogP contribution is -2.20. The Morgan fingerprint density at radius 1 is 1.12 bits per heavy atom. The van der Waals surface area contributed by atoms with E-state index in [9.17, 15) is 23.3 Å². The van der Waals surface area contributed by atoms with Crippen molar-refractivity contribution in [3.05, 3.63) is 70.4 Å². The number of nitro benzene ring substituents is 1. The molecule has 2 aromatic carbocycles. The summed E-state index contributed by atoms with van der Waals surface area (Å²) >= 11 is 0.779. The molecule has 1 heterocycles. The Morgan fingerprint density at radius 3 is 2.31 bits per heavy atom. The number of sulfone groups is 1. The molecule has 0 saturated carbocycles. The minimum Gasteiger partial charge on any atom is -0.484 e. The zero-order chi connectivity index (χ0) is 23.5. The topological polar surface area (TPSA) is 128 Å². The van der Waals surface area contributed by atoms with E-state index >= 15 is 0 Å². The number of nitro groups is 1. The molecule has 0 unspecified atom stereocenters. The minimum atomic E-state index is -3.92. The summed E-state index contributed by atoms with van der Waals surface area (Å²) in [7, 11) is -3.92. The third kappa shape index (κ3) is 5.48. The largest absolute Gasteiger partial charge is 0.484 e. The van der Waals surface area contributed by atoms with Gasteiger partial charge in [-0.2, -0.15) is 0 Å². The fraction of sp³-hybridized carbons (Fsp3) is 0.238. The first kappa shape index (κ1) is 23.4. The zero-order valence-electron chi connectivity index (χ0n) is 17.6. The van der Waals surface area contributed by atoms with E-state index in [2.05, 4.69) is 31.1 Å². The van der Waals surface area contributed by atoms with Gasteiger partial charge in [0.1, 0.15) is 9.96 Å². The van der Waals surface area contributed by atoms with Crippen molar-refractivity contribution in [1.82, 2.24) is 4.98 Å².